The molecule has 0 spiro atoms. The van der Waals surface area contributed by atoms with Crippen molar-refractivity contribution < 1.29 is 24.4 Å². The first-order valence-electron chi connectivity index (χ1n) is 5.90. The Morgan fingerprint density at radius 2 is 2.06 bits per heavy atom. The van der Waals surface area contributed by atoms with Crippen LogP contribution in [-0.2, 0) is 14.2 Å². The summed E-state index contributed by atoms with van der Waals surface area (Å²) in [6.45, 7) is 3.69. The van der Waals surface area contributed by atoms with Crippen LogP contribution < -0.4 is 0 Å². The molecule has 1 fully saturated rings. The van der Waals surface area contributed by atoms with E-state index in [1.54, 1.807) is 0 Å². The lowest BCUT2D eigenvalue weighted by atomic mass is 10.1. The van der Waals surface area contributed by atoms with Crippen LogP contribution in [0.15, 0.2) is 0 Å². The van der Waals surface area contributed by atoms with Gasteiger partial charge in [-0.2, -0.15) is 0 Å². The van der Waals surface area contributed by atoms with Crippen molar-refractivity contribution in [3.8, 4) is 0 Å². The molecule has 0 saturated carbocycles. The van der Waals surface area contributed by atoms with Crippen LogP contribution in [0.1, 0.15) is 26.2 Å². The second-order valence-electron chi connectivity index (χ2n) is 3.98. The van der Waals surface area contributed by atoms with Gasteiger partial charge in [-0.05, 0) is 6.42 Å². The zero-order valence-corrected chi connectivity index (χ0v) is 9.80. The second-order valence-corrected chi connectivity index (χ2v) is 3.98. The summed E-state index contributed by atoms with van der Waals surface area (Å²) in [4.78, 5) is 0. The highest BCUT2D eigenvalue weighted by molar-refractivity contribution is 4.72. The SMILES string of the molecule is CCCOCCOC1CC(O)CC(CO)O1. The maximum absolute atomic E-state index is 9.52. The van der Waals surface area contributed by atoms with Crippen molar-refractivity contribution in [2.75, 3.05) is 26.4 Å². The number of aliphatic hydroxyl groups is 2. The molecule has 1 aliphatic rings. The minimum atomic E-state index is -0.451. The topological polar surface area (TPSA) is 68.2 Å². The van der Waals surface area contributed by atoms with E-state index in [1.165, 1.54) is 0 Å². The fraction of sp³-hybridized carbons (Fsp3) is 1.00. The van der Waals surface area contributed by atoms with Crippen LogP contribution in [0.25, 0.3) is 0 Å². The highest BCUT2D eigenvalue weighted by Gasteiger charge is 2.28. The van der Waals surface area contributed by atoms with E-state index >= 15 is 0 Å². The van der Waals surface area contributed by atoms with Crippen LogP contribution in [0, 0.1) is 0 Å². The molecule has 3 atom stereocenters. The lowest BCUT2D eigenvalue weighted by Crippen LogP contribution is -2.39. The third kappa shape index (κ3) is 5.23. The summed E-state index contributed by atoms with van der Waals surface area (Å²) in [6.07, 6.45) is 0.738. The molecular weight excluding hydrogens is 212 g/mol. The predicted octanol–water partition coefficient (Wildman–Crippen LogP) is 0.288. The summed E-state index contributed by atoms with van der Waals surface area (Å²) in [5.74, 6) is 0. The lowest BCUT2D eigenvalue weighted by molar-refractivity contribution is -0.225. The standard InChI is InChI=1S/C11H22O5/c1-2-3-14-4-5-15-11-7-9(13)6-10(8-12)16-11/h9-13H,2-8H2,1H3. The molecule has 1 aliphatic heterocycles. The Kier molecular flexibility index (Phi) is 6.91. The van der Waals surface area contributed by atoms with Crippen molar-refractivity contribution in [2.24, 2.45) is 0 Å². The van der Waals surface area contributed by atoms with Gasteiger partial charge in [0, 0.05) is 19.4 Å². The van der Waals surface area contributed by atoms with Crippen molar-refractivity contribution in [2.45, 2.75) is 44.7 Å². The van der Waals surface area contributed by atoms with Crippen LogP contribution in [0.5, 0.6) is 0 Å². The third-order valence-electron chi connectivity index (χ3n) is 2.43. The van der Waals surface area contributed by atoms with Gasteiger partial charge in [-0.15, -0.1) is 0 Å². The van der Waals surface area contributed by atoms with Gasteiger partial charge in [0.15, 0.2) is 6.29 Å². The molecule has 1 saturated heterocycles. The quantitative estimate of drug-likeness (QED) is 0.620. The molecular formula is C11H22O5. The van der Waals surface area contributed by atoms with Crippen molar-refractivity contribution in [3.63, 3.8) is 0 Å². The summed E-state index contributed by atoms with van der Waals surface area (Å²) in [7, 11) is 0. The molecule has 0 aliphatic carbocycles. The summed E-state index contributed by atoms with van der Waals surface area (Å²) in [5, 5.41) is 18.5. The van der Waals surface area contributed by atoms with Crippen molar-refractivity contribution in [3.05, 3.63) is 0 Å². The monoisotopic (exact) mass is 234 g/mol. The van der Waals surface area contributed by atoms with E-state index in [0.29, 0.717) is 26.1 Å². The first-order chi connectivity index (χ1) is 7.76. The van der Waals surface area contributed by atoms with Gasteiger partial charge in [0.1, 0.15) is 0 Å². The third-order valence-corrected chi connectivity index (χ3v) is 2.43. The first kappa shape index (κ1) is 13.9. The van der Waals surface area contributed by atoms with Gasteiger partial charge in [0.05, 0.1) is 32.0 Å². The smallest absolute Gasteiger partial charge is 0.160 e. The molecule has 0 amide bonds. The first-order valence-corrected chi connectivity index (χ1v) is 5.90. The van der Waals surface area contributed by atoms with E-state index in [-0.39, 0.29) is 12.7 Å². The Labute approximate surface area is 96.3 Å². The maximum atomic E-state index is 9.52. The Hall–Kier alpha value is -0.200. The molecule has 16 heavy (non-hydrogen) atoms. The van der Waals surface area contributed by atoms with E-state index < -0.39 is 12.4 Å². The fourth-order valence-corrected chi connectivity index (χ4v) is 1.66. The minimum Gasteiger partial charge on any atom is -0.394 e. The molecule has 5 heteroatoms. The van der Waals surface area contributed by atoms with E-state index in [0.717, 1.165) is 13.0 Å². The molecule has 96 valence electrons. The van der Waals surface area contributed by atoms with Crippen LogP contribution in [0.4, 0.5) is 0 Å². The Morgan fingerprint density at radius 3 is 2.75 bits per heavy atom. The van der Waals surface area contributed by atoms with E-state index in [4.69, 9.17) is 19.3 Å². The molecule has 0 radical (unpaired) electrons. The molecule has 0 aromatic rings. The Balaban J connectivity index is 2.10. The van der Waals surface area contributed by atoms with Gasteiger partial charge in [-0.1, -0.05) is 6.92 Å². The molecule has 0 aromatic heterocycles. The molecule has 0 aromatic carbocycles. The second kappa shape index (κ2) is 7.97. The molecule has 1 rings (SSSR count). The predicted molar refractivity (Wildman–Crippen MR) is 58.0 cm³/mol. The lowest BCUT2D eigenvalue weighted by Gasteiger charge is -2.31. The van der Waals surface area contributed by atoms with Crippen molar-refractivity contribution in [1.82, 2.24) is 0 Å². The molecule has 3 unspecified atom stereocenters. The van der Waals surface area contributed by atoms with Crippen molar-refractivity contribution >= 4 is 0 Å². The zero-order valence-electron chi connectivity index (χ0n) is 9.80. The summed E-state index contributed by atoms with van der Waals surface area (Å²) in [5.41, 5.74) is 0. The van der Waals surface area contributed by atoms with E-state index in [2.05, 4.69) is 0 Å². The van der Waals surface area contributed by atoms with Gasteiger partial charge in [-0.3, -0.25) is 0 Å². The number of hydrogen-bond donors (Lipinski definition) is 2. The van der Waals surface area contributed by atoms with Crippen LogP contribution in [-0.4, -0.2) is 55.1 Å². The van der Waals surface area contributed by atoms with Gasteiger partial charge >= 0.3 is 0 Å². The molecule has 0 bridgehead atoms. The summed E-state index contributed by atoms with van der Waals surface area (Å²) in [6, 6.07) is 0. The molecule has 5 nitrogen and oxygen atoms in total. The van der Waals surface area contributed by atoms with Crippen LogP contribution in [0.2, 0.25) is 0 Å². The largest absolute Gasteiger partial charge is 0.394 e. The van der Waals surface area contributed by atoms with Gasteiger partial charge in [0.25, 0.3) is 0 Å². The number of rotatable bonds is 7. The van der Waals surface area contributed by atoms with E-state index in [1.807, 2.05) is 6.92 Å². The Morgan fingerprint density at radius 1 is 1.25 bits per heavy atom. The van der Waals surface area contributed by atoms with Gasteiger partial charge in [0.2, 0.25) is 0 Å². The Bertz CT molecular complexity index is 176. The average molecular weight is 234 g/mol. The zero-order chi connectivity index (χ0) is 11.8. The number of ether oxygens (including phenoxy) is 3. The number of hydrogen-bond acceptors (Lipinski definition) is 5. The van der Waals surface area contributed by atoms with Gasteiger partial charge < -0.3 is 24.4 Å². The molecule has 1 heterocycles. The average Bonchev–Trinajstić information content (AvgIpc) is 2.28. The number of aliphatic hydroxyl groups excluding tert-OH is 2. The summed E-state index contributed by atoms with van der Waals surface area (Å²) >= 11 is 0. The van der Waals surface area contributed by atoms with Crippen LogP contribution >= 0.6 is 0 Å². The van der Waals surface area contributed by atoms with Crippen molar-refractivity contribution in [1.29, 1.82) is 0 Å². The van der Waals surface area contributed by atoms with E-state index in [9.17, 15) is 5.11 Å². The van der Waals surface area contributed by atoms with Gasteiger partial charge in [-0.25, -0.2) is 0 Å². The normalized spacial score (nSPS) is 30.6. The fourth-order valence-electron chi connectivity index (χ4n) is 1.66. The van der Waals surface area contributed by atoms with Crippen LogP contribution in [0.3, 0.4) is 0 Å². The summed E-state index contributed by atoms with van der Waals surface area (Å²) < 4.78 is 16.1. The maximum Gasteiger partial charge on any atom is 0.160 e. The highest BCUT2D eigenvalue weighted by atomic mass is 16.7. The minimum absolute atomic E-state index is 0.0801. The molecule has 2 N–H and O–H groups in total. The highest BCUT2D eigenvalue weighted by Crippen LogP contribution is 2.20.